The molecule has 7 heteroatoms. The molecule has 0 aliphatic carbocycles. The third-order valence-corrected chi connectivity index (χ3v) is 1.32. The average Bonchev–Trinajstić information content (AvgIpc) is 1.97. The molecular formula is C6H14CrN4O2. The summed E-state index contributed by atoms with van der Waals surface area (Å²) in [7, 11) is 0. The fourth-order valence-corrected chi connectivity index (χ4v) is 0.669. The molecule has 0 saturated heterocycles. The quantitative estimate of drug-likeness (QED) is 0.225. The molecule has 0 aromatic heterocycles. The summed E-state index contributed by atoms with van der Waals surface area (Å²) in [6.07, 6.45) is 0.975. The Bertz CT molecular complexity index is 176. The minimum atomic E-state index is -1.00. The second-order valence-corrected chi connectivity index (χ2v) is 2.43. The maximum Gasteiger partial charge on any atom is 0.320 e. The van der Waals surface area contributed by atoms with Gasteiger partial charge in [-0.25, -0.2) is 0 Å². The predicted molar refractivity (Wildman–Crippen MR) is 44.8 cm³/mol. The van der Waals surface area contributed by atoms with E-state index in [4.69, 9.17) is 22.0 Å². The van der Waals surface area contributed by atoms with Gasteiger partial charge in [-0.15, -0.1) is 0 Å². The minimum Gasteiger partial charge on any atom is -0.480 e. The van der Waals surface area contributed by atoms with Gasteiger partial charge in [0.2, 0.25) is 0 Å². The molecule has 0 aliphatic heterocycles. The molecule has 0 aromatic carbocycles. The molecule has 0 fully saturated rings. The monoisotopic (exact) mass is 226 g/mol. The molecule has 0 aliphatic rings. The van der Waals surface area contributed by atoms with E-state index >= 15 is 0 Å². The van der Waals surface area contributed by atoms with Gasteiger partial charge >= 0.3 is 5.97 Å². The maximum atomic E-state index is 10.2. The Morgan fingerprint density at radius 3 is 2.54 bits per heavy atom. The van der Waals surface area contributed by atoms with Crippen LogP contribution in [0.2, 0.25) is 0 Å². The number of hydrogen-bond acceptors (Lipinski definition) is 3. The summed E-state index contributed by atoms with van der Waals surface area (Å²) >= 11 is 0. The fourth-order valence-electron chi connectivity index (χ4n) is 0.669. The minimum absolute atomic E-state index is 0. The van der Waals surface area contributed by atoms with Crippen LogP contribution in [0.5, 0.6) is 0 Å². The van der Waals surface area contributed by atoms with E-state index in [9.17, 15) is 4.79 Å². The van der Waals surface area contributed by atoms with Crippen molar-refractivity contribution in [3.63, 3.8) is 0 Å². The summed E-state index contributed by atoms with van der Waals surface area (Å²) in [6, 6.07) is -0.821. The second-order valence-electron chi connectivity index (χ2n) is 2.43. The van der Waals surface area contributed by atoms with E-state index in [1.165, 1.54) is 0 Å². The first-order valence-electron chi connectivity index (χ1n) is 3.60. The van der Waals surface area contributed by atoms with Crippen molar-refractivity contribution in [2.45, 2.75) is 18.9 Å². The van der Waals surface area contributed by atoms with E-state index in [-0.39, 0.29) is 23.3 Å². The largest absolute Gasteiger partial charge is 0.480 e. The van der Waals surface area contributed by atoms with E-state index in [1.54, 1.807) is 0 Å². The van der Waals surface area contributed by atoms with Crippen LogP contribution in [0.3, 0.4) is 0 Å². The number of carbonyl (C=O) groups is 1. The number of hydrogen-bond donors (Lipinski definition) is 5. The van der Waals surface area contributed by atoms with Crippen LogP contribution in [-0.2, 0) is 22.2 Å². The van der Waals surface area contributed by atoms with Gasteiger partial charge in [0, 0.05) is 23.9 Å². The van der Waals surface area contributed by atoms with Crippen LogP contribution in [0.1, 0.15) is 12.8 Å². The molecule has 0 aromatic rings. The third-order valence-electron chi connectivity index (χ3n) is 1.32. The molecule has 0 rings (SSSR count). The Morgan fingerprint density at radius 2 is 2.15 bits per heavy atom. The smallest absolute Gasteiger partial charge is 0.320 e. The van der Waals surface area contributed by atoms with Gasteiger partial charge in [-0.1, -0.05) is 0 Å². The van der Waals surface area contributed by atoms with E-state index in [2.05, 4.69) is 5.32 Å². The van der Waals surface area contributed by atoms with Gasteiger partial charge in [0.1, 0.15) is 6.04 Å². The fraction of sp³-hybridized carbons (Fsp3) is 0.667. The Morgan fingerprint density at radius 1 is 1.62 bits per heavy atom. The van der Waals surface area contributed by atoms with Gasteiger partial charge in [0.15, 0.2) is 5.96 Å². The van der Waals surface area contributed by atoms with Gasteiger partial charge in [0.05, 0.1) is 0 Å². The first-order chi connectivity index (χ1) is 5.54. The molecule has 0 bridgehead atoms. The predicted octanol–water partition coefficient (Wildman–Crippen LogP) is -1.34. The number of carboxylic acid groups (broad SMARTS) is 1. The second kappa shape index (κ2) is 7.86. The summed E-state index contributed by atoms with van der Waals surface area (Å²) in [4.78, 5) is 10.2. The first kappa shape index (κ1) is 14.7. The number of carboxylic acids is 1. The van der Waals surface area contributed by atoms with Crippen molar-refractivity contribution in [3.05, 3.63) is 0 Å². The normalized spacial score (nSPS) is 11.2. The van der Waals surface area contributed by atoms with E-state index in [0.29, 0.717) is 19.4 Å². The van der Waals surface area contributed by atoms with Gasteiger partial charge in [-0.05, 0) is 12.8 Å². The third kappa shape index (κ3) is 9.14. The molecule has 0 heterocycles. The Hall–Kier alpha value is -0.768. The van der Waals surface area contributed by atoms with Crippen LogP contribution in [0.4, 0.5) is 0 Å². The van der Waals surface area contributed by atoms with E-state index < -0.39 is 12.0 Å². The van der Waals surface area contributed by atoms with E-state index in [1.807, 2.05) is 0 Å². The molecule has 0 unspecified atom stereocenters. The van der Waals surface area contributed by atoms with Gasteiger partial charge in [-0.2, -0.15) is 0 Å². The number of guanidine groups is 1. The van der Waals surface area contributed by atoms with Crippen molar-refractivity contribution in [2.75, 3.05) is 6.54 Å². The van der Waals surface area contributed by atoms with Crippen LogP contribution in [0.15, 0.2) is 0 Å². The Kier molecular flexibility index (Phi) is 8.91. The van der Waals surface area contributed by atoms with Crippen LogP contribution >= 0.6 is 0 Å². The summed E-state index contributed by atoms with van der Waals surface area (Å²) in [5.74, 6) is -1.11. The molecular weight excluding hydrogens is 212 g/mol. The standard InChI is InChI=1S/C6H14N4O2.Cr/c7-4(5(11)12)2-1-3-10-6(8)9;/h4H,1-3,7H2,(H,11,12)(H4,8,9,10);/t4-;/m0./s1. The SMILES string of the molecule is N=C(N)NCCC[C@H](N)C(=O)O.[Cr]. The van der Waals surface area contributed by atoms with Crippen LogP contribution < -0.4 is 16.8 Å². The van der Waals surface area contributed by atoms with Gasteiger partial charge in [-0.3, -0.25) is 10.2 Å². The van der Waals surface area contributed by atoms with Gasteiger partial charge < -0.3 is 21.9 Å². The molecule has 6 nitrogen and oxygen atoms in total. The van der Waals surface area contributed by atoms with Crippen molar-refractivity contribution in [1.29, 1.82) is 5.41 Å². The van der Waals surface area contributed by atoms with E-state index in [0.717, 1.165) is 0 Å². The zero-order valence-corrected chi connectivity index (χ0v) is 8.39. The Balaban J connectivity index is 0. The zero-order valence-electron chi connectivity index (χ0n) is 7.12. The maximum absolute atomic E-state index is 10.2. The first-order valence-corrected chi connectivity index (χ1v) is 3.60. The molecule has 76 valence electrons. The zero-order chi connectivity index (χ0) is 9.56. The van der Waals surface area contributed by atoms with Crippen LogP contribution in [0.25, 0.3) is 0 Å². The molecule has 0 amide bonds. The molecule has 0 radical (unpaired) electrons. The van der Waals surface area contributed by atoms with Crippen molar-refractivity contribution in [1.82, 2.24) is 5.32 Å². The number of rotatable bonds is 5. The summed E-state index contributed by atoms with van der Waals surface area (Å²) in [6.45, 7) is 0.482. The van der Waals surface area contributed by atoms with Crippen LogP contribution in [0, 0.1) is 5.41 Å². The van der Waals surface area contributed by atoms with Crippen molar-refractivity contribution in [2.24, 2.45) is 11.5 Å². The molecule has 1 atom stereocenters. The summed E-state index contributed by atoms with van der Waals surface area (Å²) < 4.78 is 0. The summed E-state index contributed by atoms with van der Waals surface area (Å²) in [5.41, 5.74) is 10.2. The van der Waals surface area contributed by atoms with Crippen LogP contribution in [-0.4, -0.2) is 29.6 Å². The van der Waals surface area contributed by atoms with Gasteiger partial charge in [0.25, 0.3) is 0 Å². The molecule has 13 heavy (non-hydrogen) atoms. The summed E-state index contributed by atoms with van der Waals surface area (Å²) in [5, 5.41) is 17.7. The molecule has 7 N–H and O–H groups in total. The topological polar surface area (TPSA) is 125 Å². The average molecular weight is 226 g/mol. The Labute approximate surface area is 87.3 Å². The molecule has 0 saturated carbocycles. The number of nitrogens with one attached hydrogen (secondary N) is 2. The van der Waals surface area contributed by atoms with Crippen molar-refractivity contribution < 1.29 is 27.3 Å². The number of nitrogens with two attached hydrogens (primary N) is 2. The number of aliphatic carboxylic acids is 1. The molecule has 0 spiro atoms. The van der Waals surface area contributed by atoms with Crippen molar-refractivity contribution in [3.8, 4) is 0 Å². The van der Waals surface area contributed by atoms with Crippen molar-refractivity contribution >= 4 is 11.9 Å².